The molecule has 3 aromatic rings. The first kappa shape index (κ1) is 16.6. The van der Waals surface area contributed by atoms with E-state index in [-0.39, 0.29) is 5.91 Å². The van der Waals surface area contributed by atoms with Crippen molar-refractivity contribution in [2.75, 3.05) is 29.4 Å². The average molecular weight is 349 g/mol. The Morgan fingerprint density at radius 1 is 1.08 bits per heavy atom. The molecule has 1 saturated heterocycles. The summed E-state index contributed by atoms with van der Waals surface area (Å²) in [6.07, 6.45) is 0. The summed E-state index contributed by atoms with van der Waals surface area (Å²) in [6.45, 7) is 7.98. The minimum absolute atomic E-state index is 0.0994. The predicted molar refractivity (Wildman–Crippen MR) is 103 cm³/mol. The van der Waals surface area contributed by atoms with Crippen molar-refractivity contribution in [3.63, 3.8) is 0 Å². The normalized spacial score (nSPS) is 15.3. The summed E-state index contributed by atoms with van der Waals surface area (Å²) in [5.41, 5.74) is 3.73. The lowest BCUT2D eigenvalue weighted by molar-refractivity contribution is -0.117. The summed E-state index contributed by atoms with van der Waals surface area (Å²) >= 11 is 0. The van der Waals surface area contributed by atoms with Crippen molar-refractivity contribution >= 4 is 23.1 Å². The summed E-state index contributed by atoms with van der Waals surface area (Å²) < 4.78 is 1.85. The van der Waals surface area contributed by atoms with Crippen LogP contribution in [0.5, 0.6) is 0 Å². The van der Waals surface area contributed by atoms with Gasteiger partial charge < -0.3 is 9.80 Å². The van der Waals surface area contributed by atoms with Crippen LogP contribution in [-0.4, -0.2) is 40.1 Å². The van der Waals surface area contributed by atoms with Crippen molar-refractivity contribution in [1.29, 1.82) is 0 Å². The Labute approximate surface area is 153 Å². The number of nitrogens with zero attached hydrogens (tertiary/aromatic N) is 5. The second-order valence-electron chi connectivity index (χ2n) is 7.05. The van der Waals surface area contributed by atoms with E-state index in [0.29, 0.717) is 19.0 Å². The Morgan fingerprint density at radius 3 is 2.54 bits per heavy atom. The van der Waals surface area contributed by atoms with Crippen LogP contribution in [-0.2, 0) is 4.79 Å². The van der Waals surface area contributed by atoms with Gasteiger partial charge >= 0.3 is 0 Å². The molecule has 3 heterocycles. The lowest BCUT2D eigenvalue weighted by Gasteiger charge is -2.35. The van der Waals surface area contributed by atoms with Crippen molar-refractivity contribution < 1.29 is 4.79 Å². The van der Waals surface area contributed by atoms with Gasteiger partial charge in [-0.15, -0.1) is 0 Å². The summed E-state index contributed by atoms with van der Waals surface area (Å²) in [5.74, 6) is 1.35. The number of amides is 1. The number of benzene rings is 1. The zero-order chi connectivity index (χ0) is 18.3. The first-order valence-electron chi connectivity index (χ1n) is 9.00. The van der Waals surface area contributed by atoms with E-state index in [4.69, 9.17) is 4.98 Å². The van der Waals surface area contributed by atoms with Gasteiger partial charge in [-0.1, -0.05) is 32.0 Å². The molecular formula is C20H23N5O. The molecule has 26 heavy (non-hydrogen) atoms. The summed E-state index contributed by atoms with van der Waals surface area (Å²) in [4.78, 5) is 21.4. The van der Waals surface area contributed by atoms with Gasteiger partial charge in [0, 0.05) is 36.6 Å². The van der Waals surface area contributed by atoms with Gasteiger partial charge in [-0.05, 0) is 25.0 Å². The van der Waals surface area contributed by atoms with Gasteiger partial charge in [0.15, 0.2) is 5.65 Å². The topological polar surface area (TPSA) is 53.7 Å². The molecule has 0 N–H and O–H groups in total. The number of piperazine rings is 1. The molecule has 1 aliphatic heterocycles. The maximum absolute atomic E-state index is 12.8. The SMILES string of the molecule is Cc1cc2nc(C(C)C)cc(N3CCN(c4ccccc4)C(=O)C3)n2n1. The van der Waals surface area contributed by atoms with Gasteiger partial charge in [0.2, 0.25) is 5.91 Å². The number of hydrogen-bond acceptors (Lipinski definition) is 4. The number of carbonyl (C=O) groups excluding carboxylic acids is 1. The Morgan fingerprint density at radius 2 is 1.85 bits per heavy atom. The highest BCUT2D eigenvalue weighted by Crippen LogP contribution is 2.25. The van der Waals surface area contributed by atoms with Crippen LogP contribution in [0.3, 0.4) is 0 Å². The van der Waals surface area contributed by atoms with Gasteiger partial charge in [-0.2, -0.15) is 9.61 Å². The second-order valence-corrected chi connectivity index (χ2v) is 7.05. The van der Waals surface area contributed by atoms with E-state index in [1.165, 1.54) is 0 Å². The number of rotatable bonds is 3. The Hall–Kier alpha value is -2.89. The molecule has 6 heteroatoms. The fourth-order valence-electron chi connectivity index (χ4n) is 3.36. The quantitative estimate of drug-likeness (QED) is 0.729. The molecule has 1 fully saturated rings. The smallest absolute Gasteiger partial charge is 0.246 e. The zero-order valence-electron chi connectivity index (χ0n) is 15.4. The van der Waals surface area contributed by atoms with Crippen LogP contribution >= 0.6 is 0 Å². The molecule has 1 aliphatic rings. The predicted octanol–water partition coefficient (Wildman–Crippen LogP) is 3.01. The number of anilines is 2. The van der Waals surface area contributed by atoms with E-state index in [2.05, 4.69) is 29.9 Å². The average Bonchev–Trinajstić information content (AvgIpc) is 3.01. The number of hydrogen-bond donors (Lipinski definition) is 0. The molecule has 0 aliphatic carbocycles. The van der Waals surface area contributed by atoms with Crippen LogP contribution in [0.25, 0.3) is 5.65 Å². The zero-order valence-corrected chi connectivity index (χ0v) is 15.4. The van der Waals surface area contributed by atoms with Crippen molar-refractivity contribution in [3.05, 3.63) is 53.9 Å². The third-order valence-corrected chi connectivity index (χ3v) is 4.75. The number of aromatic nitrogens is 3. The number of fused-ring (bicyclic) bond motifs is 1. The molecule has 6 nitrogen and oxygen atoms in total. The molecule has 2 aromatic heterocycles. The fourth-order valence-corrected chi connectivity index (χ4v) is 3.36. The monoisotopic (exact) mass is 349 g/mol. The molecule has 0 saturated carbocycles. The molecule has 0 spiro atoms. The highest BCUT2D eigenvalue weighted by Gasteiger charge is 2.27. The number of para-hydroxylation sites is 1. The third-order valence-electron chi connectivity index (χ3n) is 4.75. The number of carbonyl (C=O) groups is 1. The van der Waals surface area contributed by atoms with Crippen molar-refractivity contribution in [2.45, 2.75) is 26.7 Å². The van der Waals surface area contributed by atoms with Gasteiger partial charge in [0.05, 0.1) is 12.2 Å². The van der Waals surface area contributed by atoms with Gasteiger partial charge in [-0.25, -0.2) is 4.98 Å². The molecule has 1 amide bonds. The first-order valence-corrected chi connectivity index (χ1v) is 9.00. The maximum atomic E-state index is 12.8. The van der Waals surface area contributed by atoms with Crippen LogP contribution in [0.4, 0.5) is 11.5 Å². The second kappa shape index (κ2) is 6.44. The largest absolute Gasteiger partial charge is 0.345 e. The van der Waals surface area contributed by atoms with Gasteiger partial charge in [-0.3, -0.25) is 4.79 Å². The minimum Gasteiger partial charge on any atom is -0.345 e. The fraction of sp³-hybridized carbons (Fsp3) is 0.350. The molecule has 0 bridgehead atoms. The molecular weight excluding hydrogens is 326 g/mol. The molecule has 1 aromatic carbocycles. The maximum Gasteiger partial charge on any atom is 0.246 e. The standard InChI is InChI=1S/C20H23N5O/c1-14(2)17-12-19(25-18(21-17)11-15(3)22-25)23-9-10-24(20(26)13-23)16-7-5-4-6-8-16/h4-8,11-12,14H,9-10,13H2,1-3H3. The molecule has 134 valence electrons. The van der Waals surface area contributed by atoms with E-state index in [1.54, 1.807) is 0 Å². The highest BCUT2D eigenvalue weighted by atomic mass is 16.2. The first-order chi connectivity index (χ1) is 12.5. The molecule has 4 rings (SSSR count). The van der Waals surface area contributed by atoms with E-state index in [0.717, 1.165) is 35.1 Å². The van der Waals surface area contributed by atoms with E-state index < -0.39 is 0 Å². The summed E-state index contributed by atoms with van der Waals surface area (Å²) in [6, 6.07) is 13.9. The Kier molecular flexibility index (Phi) is 4.11. The third kappa shape index (κ3) is 2.92. The Balaban J connectivity index is 1.67. The van der Waals surface area contributed by atoms with Crippen molar-refractivity contribution in [2.24, 2.45) is 0 Å². The molecule has 0 radical (unpaired) electrons. The van der Waals surface area contributed by atoms with E-state index in [9.17, 15) is 4.79 Å². The van der Waals surface area contributed by atoms with Crippen LogP contribution in [0.1, 0.15) is 31.2 Å². The van der Waals surface area contributed by atoms with Crippen LogP contribution < -0.4 is 9.80 Å². The summed E-state index contributed by atoms with van der Waals surface area (Å²) in [5, 5.41) is 4.58. The van der Waals surface area contributed by atoms with Crippen LogP contribution in [0, 0.1) is 6.92 Å². The lowest BCUT2D eigenvalue weighted by atomic mass is 10.1. The van der Waals surface area contributed by atoms with Crippen molar-refractivity contribution in [1.82, 2.24) is 14.6 Å². The minimum atomic E-state index is 0.0994. The van der Waals surface area contributed by atoms with Crippen molar-refractivity contribution in [3.8, 4) is 0 Å². The highest BCUT2D eigenvalue weighted by molar-refractivity contribution is 5.97. The number of aryl methyl sites for hydroxylation is 1. The van der Waals surface area contributed by atoms with E-state index in [1.807, 2.05) is 52.7 Å². The Bertz CT molecular complexity index is 947. The lowest BCUT2D eigenvalue weighted by Crippen LogP contribution is -2.51. The molecule has 0 unspecified atom stereocenters. The van der Waals surface area contributed by atoms with Crippen LogP contribution in [0.15, 0.2) is 42.5 Å². The van der Waals surface area contributed by atoms with Gasteiger partial charge in [0.25, 0.3) is 0 Å². The van der Waals surface area contributed by atoms with E-state index >= 15 is 0 Å². The van der Waals surface area contributed by atoms with Gasteiger partial charge in [0.1, 0.15) is 5.82 Å². The summed E-state index contributed by atoms with van der Waals surface area (Å²) in [7, 11) is 0. The van der Waals surface area contributed by atoms with Crippen LogP contribution in [0.2, 0.25) is 0 Å². The molecule has 0 atom stereocenters.